The Kier molecular flexibility index (Phi) is 4.64. The lowest BCUT2D eigenvalue weighted by Gasteiger charge is -2.18. The topological polar surface area (TPSA) is 41.5 Å². The van der Waals surface area contributed by atoms with Gasteiger partial charge in [-0.25, -0.2) is 0 Å². The summed E-state index contributed by atoms with van der Waals surface area (Å²) < 4.78 is 5.29. The van der Waals surface area contributed by atoms with Gasteiger partial charge in [0.05, 0.1) is 7.11 Å². The monoisotopic (exact) mass is 271 g/mol. The van der Waals surface area contributed by atoms with E-state index in [-0.39, 0.29) is 6.04 Å². The average molecular weight is 271 g/mol. The molecule has 1 atom stereocenters. The van der Waals surface area contributed by atoms with E-state index in [4.69, 9.17) is 4.74 Å². The van der Waals surface area contributed by atoms with Crippen molar-refractivity contribution in [3.05, 3.63) is 59.2 Å². The van der Waals surface area contributed by atoms with Gasteiger partial charge < -0.3 is 15.2 Å². The number of hydrogen-bond donors (Lipinski definition) is 2. The Balaban J connectivity index is 2.22. The molecule has 0 radical (unpaired) electrons. The lowest BCUT2D eigenvalue weighted by molar-refractivity contribution is 0.411. The van der Waals surface area contributed by atoms with Crippen LogP contribution in [0.15, 0.2) is 42.5 Å². The second kappa shape index (κ2) is 6.44. The zero-order valence-corrected chi connectivity index (χ0v) is 12.2. The Labute approximate surface area is 120 Å². The first-order valence-electron chi connectivity index (χ1n) is 6.73. The van der Waals surface area contributed by atoms with Gasteiger partial charge in [-0.15, -0.1) is 0 Å². The molecule has 0 bridgehead atoms. The molecule has 3 heteroatoms. The lowest BCUT2D eigenvalue weighted by Crippen LogP contribution is -2.19. The molecule has 0 saturated heterocycles. The van der Waals surface area contributed by atoms with Crippen molar-refractivity contribution in [3.63, 3.8) is 0 Å². The molecule has 0 heterocycles. The molecule has 3 nitrogen and oxygen atoms in total. The number of phenols is 1. The maximum absolute atomic E-state index is 9.54. The summed E-state index contributed by atoms with van der Waals surface area (Å²) in [7, 11) is 3.64. The molecule has 0 aliphatic rings. The quantitative estimate of drug-likeness (QED) is 0.877. The van der Waals surface area contributed by atoms with Crippen LogP contribution in [-0.2, 0) is 6.42 Å². The van der Waals surface area contributed by atoms with Crippen molar-refractivity contribution in [2.45, 2.75) is 19.4 Å². The van der Waals surface area contributed by atoms with Crippen LogP contribution in [0.3, 0.4) is 0 Å². The van der Waals surface area contributed by atoms with Crippen LogP contribution >= 0.6 is 0 Å². The van der Waals surface area contributed by atoms with Crippen LogP contribution < -0.4 is 10.1 Å². The van der Waals surface area contributed by atoms with Gasteiger partial charge >= 0.3 is 0 Å². The Morgan fingerprint density at radius 2 is 2.00 bits per heavy atom. The van der Waals surface area contributed by atoms with Gasteiger partial charge in [-0.1, -0.05) is 24.3 Å². The van der Waals surface area contributed by atoms with Gasteiger partial charge in [-0.2, -0.15) is 0 Å². The number of rotatable bonds is 5. The van der Waals surface area contributed by atoms with Crippen molar-refractivity contribution >= 4 is 0 Å². The van der Waals surface area contributed by atoms with E-state index in [0.29, 0.717) is 5.75 Å². The fourth-order valence-corrected chi connectivity index (χ4v) is 2.42. The summed E-state index contributed by atoms with van der Waals surface area (Å²) in [6, 6.07) is 13.8. The van der Waals surface area contributed by atoms with E-state index >= 15 is 0 Å². The number of benzene rings is 2. The third-order valence-corrected chi connectivity index (χ3v) is 3.52. The summed E-state index contributed by atoms with van der Waals surface area (Å²) in [5.41, 5.74) is 3.45. The highest BCUT2D eigenvalue weighted by molar-refractivity contribution is 5.38. The number of phenolic OH excluding ortho intramolecular Hbond substituents is 1. The molecule has 0 fully saturated rings. The zero-order chi connectivity index (χ0) is 14.5. The zero-order valence-electron chi connectivity index (χ0n) is 12.2. The Bertz CT molecular complexity index is 581. The first kappa shape index (κ1) is 14.4. The van der Waals surface area contributed by atoms with Crippen molar-refractivity contribution in [1.82, 2.24) is 5.32 Å². The molecule has 2 rings (SSSR count). The van der Waals surface area contributed by atoms with E-state index in [9.17, 15) is 5.11 Å². The number of ether oxygens (including phenoxy) is 1. The van der Waals surface area contributed by atoms with Crippen molar-refractivity contribution in [2.75, 3.05) is 14.2 Å². The number of likely N-dealkylation sites (N-methyl/N-ethyl adjacent to an activating group) is 1. The number of nitrogens with one attached hydrogen (secondary N) is 1. The summed E-state index contributed by atoms with van der Waals surface area (Å²) in [5, 5.41) is 12.9. The molecule has 0 aliphatic heterocycles. The molecule has 106 valence electrons. The number of methoxy groups -OCH3 is 1. The highest BCUT2D eigenvalue weighted by atomic mass is 16.5. The van der Waals surface area contributed by atoms with Gasteiger partial charge in [0, 0.05) is 6.04 Å². The van der Waals surface area contributed by atoms with Crippen LogP contribution in [0.1, 0.15) is 22.7 Å². The van der Waals surface area contributed by atoms with Crippen LogP contribution in [0.2, 0.25) is 0 Å². The summed E-state index contributed by atoms with van der Waals surface area (Å²) >= 11 is 0. The highest BCUT2D eigenvalue weighted by Crippen LogP contribution is 2.25. The third-order valence-electron chi connectivity index (χ3n) is 3.52. The summed E-state index contributed by atoms with van der Waals surface area (Å²) in [6.07, 6.45) is 0.830. The maximum Gasteiger partial charge on any atom is 0.121 e. The predicted octanol–water partition coefficient (Wildman–Crippen LogP) is 3.21. The number of aryl methyl sites for hydroxylation is 1. The minimum absolute atomic E-state index is 0.210. The predicted molar refractivity (Wildman–Crippen MR) is 81.3 cm³/mol. The van der Waals surface area contributed by atoms with Crippen molar-refractivity contribution < 1.29 is 9.84 Å². The normalized spacial score (nSPS) is 12.2. The largest absolute Gasteiger partial charge is 0.508 e. The van der Waals surface area contributed by atoms with Crippen molar-refractivity contribution in [1.29, 1.82) is 0 Å². The summed E-state index contributed by atoms with van der Waals surface area (Å²) in [4.78, 5) is 0. The Morgan fingerprint density at radius 1 is 1.20 bits per heavy atom. The number of hydrogen-bond acceptors (Lipinski definition) is 3. The van der Waals surface area contributed by atoms with Crippen molar-refractivity contribution in [3.8, 4) is 11.5 Å². The van der Waals surface area contributed by atoms with Gasteiger partial charge in [-0.3, -0.25) is 0 Å². The van der Waals surface area contributed by atoms with E-state index in [1.165, 1.54) is 5.56 Å². The Morgan fingerprint density at radius 3 is 2.60 bits per heavy atom. The first-order chi connectivity index (χ1) is 9.63. The summed E-state index contributed by atoms with van der Waals surface area (Å²) in [5.74, 6) is 1.21. The third kappa shape index (κ3) is 3.31. The fraction of sp³-hybridized carbons (Fsp3) is 0.294. The van der Waals surface area contributed by atoms with Crippen molar-refractivity contribution in [2.24, 2.45) is 0 Å². The molecule has 2 aromatic carbocycles. The molecule has 0 aromatic heterocycles. The number of aromatic hydroxyl groups is 1. The van der Waals surface area contributed by atoms with Gasteiger partial charge in [0.1, 0.15) is 11.5 Å². The van der Waals surface area contributed by atoms with E-state index in [1.807, 2.05) is 32.2 Å². The fourth-order valence-electron chi connectivity index (χ4n) is 2.42. The smallest absolute Gasteiger partial charge is 0.121 e. The van der Waals surface area contributed by atoms with Crippen LogP contribution in [0.5, 0.6) is 11.5 Å². The van der Waals surface area contributed by atoms with Crippen LogP contribution in [0.25, 0.3) is 0 Å². The molecule has 1 unspecified atom stereocenters. The molecule has 0 aliphatic carbocycles. The molecule has 2 aromatic rings. The molecule has 2 N–H and O–H groups in total. The minimum Gasteiger partial charge on any atom is -0.508 e. The SMILES string of the molecule is CNC(Cc1cccc(O)c1)c1ccc(OC)c(C)c1. The van der Waals surface area contributed by atoms with E-state index in [0.717, 1.165) is 23.3 Å². The lowest BCUT2D eigenvalue weighted by atomic mass is 9.97. The molecule has 0 saturated carbocycles. The minimum atomic E-state index is 0.210. The molecular weight excluding hydrogens is 250 g/mol. The van der Waals surface area contributed by atoms with E-state index in [2.05, 4.69) is 17.4 Å². The Hall–Kier alpha value is -2.00. The van der Waals surface area contributed by atoms with Crippen LogP contribution in [-0.4, -0.2) is 19.3 Å². The van der Waals surface area contributed by atoms with E-state index < -0.39 is 0 Å². The molecular formula is C17H21NO2. The van der Waals surface area contributed by atoms with Gasteiger partial charge in [0.25, 0.3) is 0 Å². The average Bonchev–Trinajstić information content (AvgIpc) is 2.44. The molecule has 20 heavy (non-hydrogen) atoms. The molecule has 0 spiro atoms. The summed E-state index contributed by atoms with van der Waals surface area (Å²) in [6.45, 7) is 2.05. The first-order valence-corrected chi connectivity index (χ1v) is 6.73. The second-order valence-electron chi connectivity index (χ2n) is 4.94. The highest BCUT2D eigenvalue weighted by Gasteiger charge is 2.12. The van der Waals surface area contributed by atoms with Crippen LogP contribution in [0, 0.1) is 6.92 Å². The van der Waals surface area contributed by atoms with E-state index in [1.54, 1.807) is 19.2 Å². The molecule has 0 amide bonds. The second-order valence-corrected chi connectivity index (χ2v) is 4.94. The van der Waals surface area contributed by atoms with Gasteiger partial charge in [0.2, 0.25) is 0 Å². The van der Waals surface area contributed by atoms with Gasteiger partial charge in [0.15, 0.2) is 0 Å². The standard InChI is InChI=1S/C17H21NO2/c1-12-9-14(7-8-17(12)20-3)16(18-2)11-13-5-4-6-15(19)10-13/h4-10,16,18-19H,11H2,1-3H3. The van der Waals surface area contributed by atoms with Gasteiger partial charge in [-0.05, 0) is 55.3 Å². The van der Waals surface area contributed by atoms with Crippen LogP contribution in [0.4, 0.5) is 0 Å². The maximum atomic E-state index is 9.54.